The summed E-state index contributed by atoms with van der Waals surface area (Å²) in [4.78, 5) is 42.1. The Morgan fingerprint density at radius 2 is 1.92 bits per heavy atom. The molecule has 2 fully saturated rings. The molecule has 2 aliphatic heterocycles. The molecule has 1 atom stereocenters. The first-order chi connectivity index (χ1) is 18.7. The number of rotatable bonds is 7. The van der Waals surface area contributed by atoms with Gasteiger partial charge >= 0.3 is 0 Å². The molecule has 10 nitrogen and oxygen atoms in total. The second kappa shape index (κ2) is 11.0. The van der Waals surface area contributed by atoms with E-state index in [-0.39, 0.29) is 17.9 Å². The zero-order chi connectivity index (χ0) is 27.7. The summed E-state index contributed by atoms with van der Waals surface area (Å²) in [5.74, 6) is 1.71. The molecule has 210 valence electrons. The van der Waals surface area contributed by atoms with Crippen LogP contribution in [0, 0.1) is 5.41 Å². The fourth-order valence-electron chi connectivity index (χ4n) is 5.98. The molecular formula is C29H41N7O3. The summed E-state index contributed by atoms with van der Waals surface area (Å²) in [7, 11) is 5.44. The molecule has 0 bridgehead atoms. The number of hydrogen-bond acceptors (Lipinski definition) is 8. The van der Waals surface area contributed by atoms with Crippen molar-refractivity contribution in [3.8, 4) is 5.75 Å². The predicted octanol–water partition coefficient (Wildman–Crippen LogP) is 3.80. The maximum atomic E-state index is 13.5. The Kier molecular flexibility index (Phi) is 7.66. The van der Waals surface area contributed by atoms with E-state index in [0.717, 1.165) is 43.9 Å². The Morgan fingerprint density at radius 3 is 2.59 bits per heavy atom. The number of nitrogens with zero attached hydrogens (tertiary/aromatic N) is 5. The van der Waals surface area contributed by atoms with E-state index in [0.29, 0.717) is 35.5 Å². The number of amides is 2. The van der Waals surface area contributed by atoms with Crippen molar-refractivity contribution in [3.05, 3.63) is 30.0 Å². The molecule has 3 heterocycles. The van der Waals surface area contributed by atoms with Crippen LogP contribution in [0.4, 0.5) is 23.1 Å². The molecule has 0 spiro atoms. The van der Waals surface area contributed by atoms with Crippen molar-refractivity contribution in [2.24, 2.45) is 5.41 Å². The molecule has 0 unspecified atom stereocenters. The summed E-state index contributed by atoms with van der Waals surface area (Å²) >= 11 is 0. The highest BCUT2D eigenvalue weighted by Crippen LogP contribution is 2.41. The number of carbonyl (C=O) groups is 2. The minimum absolute atomic E-state index is 0.0953. The van der Waals surface area contributed by atoms with E-state index in [1.807, 2.05) is 20.2 Å². The summed E-state index contributed by atoms with van der Waals surface area (Å²) in [6.45, 7) is 6.49. The lowest BCUT2D eigenvalue weighted by atomic mass is 9.84. The molecule has 1 saturated heterocycles. The highest BCUT2D eigenvalue weighted by Gasteiger charge is 2.43. The van der Waals surface area contributed by atoms with E-state index >= 15 is 0 Å². The van der Waals surface area contributed by atoms with Gasteiger partial charge in [0.25, 0.3) is 5.91 Å². The lowest BCUT2D eigenvalue weighted by molar-refractivity contribution is -0.126. The summed E-state index contributed by atoms with van der Waals surface area (Å²) in [5, 5.41) is 6.36. The van der Waals surface area contributed by atoms with E-state index in [2.05, 4.69) is 39.3 Å². The number of carbonyl (C=O) groups excluding carboxylic acids is 2. The van der Waals surface area contributed by atoms with Gasteiger partial charge in [-0.25, -0.2) is 4.98 Å². The molecule has 10 heteroatoms. The first-order valence-corrected chi connectivity index (χ1v) is 14.1. The highest BCUT2D eigenvalue weighted by atomic mass is 16.5. The molecular weight excluding hydrogens is 494 g/mol. The van der Waals surface area contributed by atoms with Crippen molar-refractivity contribution < 1.29 is 14.3 Å². The van der Waals surface area contributed by atoms with Crippen molar-refractivity contribution in [2.75, 3.05) is 56.0 Å². The third-order valence-corrected chi connectivity index (χ3v) is 8.63. The number of hydrogen-bond donors (Lipinski definition) is 2. The van der Waals surface area contributed by atoms with Gasteiger partial charge in [0.1, 0.15) is 11.4 Å². The molecule has 5 rings (SSSR count). The second-order valence-electron chi connectivity index (χ2n) is 11.5. The Hall–Kier alpha value is -3.40. The van der Waals surface area contributed by atoms with E-state index in [1.165, 1.54) is 19.3 Å². The smallest absolute Gasteiger partial charge is 0.251 e. The maximum Gasteiger partial charge on any atom is 0.251 e. The molecule has 2 amide bonds. The number of fused-ring (bicyclic) bond motifs is 1. The van der Waals surface area contributed by atoms with Crippen molar-refractivity contribution in [2.45, 2.75) is 64.5 Å². The summed E-state index contributed by atoms with van der Waals surface area (Å²) in [6, 6.07) is 5.84. The Bertz CT molecular complexity index is 1230. The molecule has 1 aromatic heterocycles. The van der Waals surface area contributed by atoms with Gasteiger partial charge in [-0.05, 0) is 51.4 Å². The molecule has 0 radical (unpaired) electrons. The summed E-state index contributed by atoms with van der Waals surface area (Å²) in [5.41, 5.74) is 1.43. The van der Waals surface area contributed by atoms with Crippen LogP contribution in [0.2, 0.25) is 0 Å². The maximum absolute atomic E-state index is 13.5. The van der Waals surface area contributed by atoms with Crippen molar-refractivity contribution in [1.82, 2.24) is 20.2 Å². The number of nitrogens with one attached hydrogen (secondary N) is 2. The van der Waals surface area contributed by atoms with Crippen molar-refractivity contribution in [1.29, 1.82) is 0 Å². The van der Waals surface area contributed by atoms with Gasteiger partial charge in [-0.1, -0.05) is 26.2 Å². The topological polar surface area (TPSA) is 103 Å². The van der Waals surface area contributed by atoms with Crippen LogP contribution in [0.15, 0.2) is 24.4 Å². The molecule has 39 heavy (non-hydrogen) atoms. The molecule has 3 aliphatic rings. The number of ether oxygens (including phenoxy) is 1. The van der Waals surface area contributed by atoms with Gasteiger partial charge in [-0.2, -0.15) is 4.98 Å². The van der Waals surface area contributed by atoms with Crippen LogP contribution < -0.4 is 25.2 Å². The van der Waals surface area contributed by atoms with Crippen LogP contribution in [0.5, 0.6) is 5.75 Å². The van der Waals surface area contributed by atoms with Gasteiger partial charge in [0, 0.05) is 38.3 Å². The van der Waals surface area contributed by atoms with Gasteiger partial charge < -0.3 is 30.1 Å². The standard InChI is InChI=1S/C29H41N7O3/c1-6-29(2)18-36(21-10-8-7-9-11-21)25-23(35(4)27(29)38)15-30-28(33-25)32-22-13-12-19(14-24(22)39-5)26(37)31-20-16-34(3)17-20/h12-15,20-21H,6-11,16-18H2,1-5H3,(H,31,37)(H,30,32,33)/t29-/m0/s1. The largest absolute Gasteiger partial charge is 0.495 e. The summed E-state index contributed by atoms with van der Waals surface area (Å²) in [6.07, 6.45) is 8.31. The number of anilines is 4. The first kappa shape index (κ1) is 27.2. The van der Waals surface area contributed by atoms with E-state index in [1.54, 1.807) is 30.3 Å². The number of aromatic nitrogens is 2. The molecule has 2 N–H and O–H groups in total. The van der Waals surface area contributed by atoms with Gasteiger partial charge in [-0.15, -0.1) is 0 Å². The lowest BCUT2D eigenvalue weighted by Crippen LogP contribution is -2.57. The predicted molar refractivity (Wildman–Crippen MR) is 153 cm³/mol. The first-order valence-electron chi connectivity index (χ1n) is 14.1. The quantitative estimate of drug-likeness (QED) is 0.552. The van der Waals surface area contributed by atoms with Crippen LogP contribution in [0.25, 0.3) is 0 Å². The number of likely N-dealkylation sites (N-methyl/N-ethyl adjacent to an activating group) is 1. The van der Waals surface area contributed by atoms with Crippen LogP contribution in [0.3, 0.4) is 0 Å². The van der Waals surface area contributed by atoms with Gasteiger partial charge in [0.05, 0.1) is 30.5 Å². The van der Waals surface area contributed by atoms with E-state index < -0.39 is 5.41 Å². The third-order valence-electron chi connectivity index (χ3n) is 8.63. The van der Waals surface area contributed by atoms with Crippen molar-refractivity contribution >= 4 is 35.0 Å². The van der Waals surface area contributed by atoms with E-state index in [9.17, 15) is 9.59 Å². The van der Waals surface area contributed by atoms with Crippen LogP contribution >= 0.6 is 0 Å². The van der Waals surface area contributed by atoms with Gasteiger partial charge in [-0.3, -0.25) is 9.59 Å². The Morgan fingerprint density at radius 1 is 1.18 bits per heavy atom. The number of benzene rings is 1. The Balaban J connectivity index is 1.43. The van der Waals surface area contributed by atoms with E-state index in [4.69, 9.17) is 9.72 Å². The zero-order valence-electron chi connectivity index (χ0n) is 23.8. The molecule has 1 aliphatic carbocycles. The average Bonchev–Trinajstić information content (AvgIpc) is 3.02. The second-order valence-corrected chi connectivity index (χ2v) is 11.5. The monoisotopic (exact) mass is 535 g/mol. The summed E-state index contributed by atoms with van der Waals surface area (Å²) < 4.78 is 5.62. The molecule has 1 aromatic carbocycles. The van der Waals surface area contributed by atoms with Gasteiger partial charge in [0.15, 0.2) is 5.82 Å². The fourth-order valence-corrected chi connectivity index (χ4v) is 5.98. The molecule has 2 aromatic rings. The van der Waals surface area contributed by atoms with Crippen LogP contribution in [-0.2, 0) is 4.79 Å². The third kappa shape index (κ3) is 5.39. The zero-order valence-corrected chi connectivity index (χ0v) is 23.8. The number of methoxy groups -OCH3 is 1. The number of likely N-dealkylation sites (tertiary alicyclic amines) is 1. The normalized spacial score (nSPS) is 22.6. The molecule has 1 saturated carbocycles. The average molecular weight is 536 g/mol. The SMILES string of the molecule is CC[C@@]1(C)CN(C2CCCCC2)c2nc(Nc3ccc(C(=O)NC4CN(C)C4)cc3OC)ncc2N(C)C1=O. The van der Waals surface area contributed by atoms with Crippen LogP contribution in [0.1, 0.15) is 62.7 Å². The highest BCUT2D eigenvalue weighted by molar-refractivity contribution is 6.01. The van der Waals surface area contributed by atoms with Gasteiger partial charge in [0.2, 0.25) is 11.9 Å². The Labute approximate surface area is 231 Å². The lowest BCUT2D eigenvalue weighted by Gasteiger charge is -2.38. The van der Waals surface area contributed by atoms with Crippen molar-refractivity contribution in [3.63, 3.8) is 0 Å². The minimum Gasteiger partial charge on any atom is -0.495 e. The fraction of sp³-hybridized carbons (Fsp3) is 0.586. The minimum atomic E-state index is -0.505. The van der Waals surface area contributed by atoms with Crippen LogP contribution in [-0.4, -0.2) is 79.6 Å².